The molecule has 2 fully saturated rings. The lowest BCUT2D eigenvalue weighted by atomic mass is 9.77. The van der Waals surface area contributed by atoms with Gasteiger partial charge in [-0.05, 0) is 74.0 Å². The van der Waals surface area contributed by atoms with E-state index in [0.29, 0.717) is 31.2 Å². The molecular weight excluding hydrogens is 554 g/mol. The molecule has 2 saturated heterocycles. The molecule has 226 valence electrons. The molecule has 0 radical (unpaired) electrons. The number of carbonyl (C=O) groups excluding carboxylic acids is 1. The first-order chi connectivity index (χ1) is 19.1. The molecule has 2 heterocycles. The largest absolute Gasteiger partial charge is 0.493 e. The summed E-state index contributed by atoms with van der Waals surface area (Å²) in [5, 5.41) is 7.12. The number of para-hydroxylation sites is 1. The van der Waals surface area contributed by atoms with Crippen LogP contribution < -0.4 is 4.74 Å². The molecule has 2 aliphatic heterocycles. The molecule has 0 atom stereocenters. The number of carbonyl (C=O) groups is 2. The molecule has 0 bridgehead atoms. The van der Waals surface area contributed by atoms with E-state index < -0.39 is 23.9 Å². The van der Waals surface area contributed by atoms with Gasteiger partial charge in [0.15, 0.2) is 0 Å². The first-order valence-electron chi connectivity index (χ1n) is 13.3. The van der Waals surface area contributed by atoms with E-state index >= 15 is 0 Å². The number of carboxylic acid groups (broad SMARTS) is 1. The Kier molecular flexibility index (Phi) is 10.3. The van der Waals surface area contributed by atoms with Gasteiger partial charge in [0.25, 0.3) is 5.91 Å². The highest BCUT2D eigenvalue weighted by Crippen LogP contribution is 2.41. The summed E-state index contributed by atoms with van der Waals surface area (Å²) in [4.78, 5) is 26.1. The van der Waals surface area contributed by atoms with Crippen molar-refractivity contribution in [2.24, 2.45) is 11.3 Å². The number of nitrogens with zero attached hydrogens (tertiary/aromatic N) is 2. The van der Waals surface area contributed by atoms with Crippen LogP contribution in [-0.4, -0.2) is 65.7 Å². The maximum Gasteiger partial charge on any atom is 0.490 e. The van der Waals surface area contributed by atoms with E-state index in [0.717, 1.165) is 56.8 Å². The third kappa shape index (κ3) is 9.11. The molecule has 0 unspecified atom stereocenters. The van der Waals surface area contributed by atoms with E-state index in [2.05, 4.69) is 24.8 Å². The molecule has 6 nitrogen and oxygen atoms in total. The standard InChI is InChI=1S/C27H33F3N2O2.C2HF3O2/c1-20(2)18-34-24-6-4-3-5-22(24)17-31-14-11-26(12-15-31)13-16-32(19-26)25(33)21-7-9-23(10-8-21)27(28,29)30;3-2(4,5)1(6)7/h3-10,20H,11-19H2,1-2H3;(H,6,7). The van der Waals surface area contributed by atoms with Crippen LogP contribution in [0.2, 0.25) is 0 Å². The summed E-state index contributed by atoms with van der Waals surface area (Å²) in [6.07, 6.45) is -6.51. The summed E-state index contributed by atoms with van der Waals surface area (Å²) in [6, 6.07) is 12.8. The highest BCUT2D eigenvalue weighted by atomic mass is 19.4. The lowest BCUT2D eigenvalue weighted by Gasteiger charge is -2.39. The maximum atomic E-state index is 12.9. The van der Waals surface area contributed by atoms with Crippen molar-refractivity contribution >= 4 is 11.9 Å². The number of benzene rings is 2. The van der Waals surface area contributed by atoms with Crippen molar-refractivity contribution in [2.75, 3.05) is 32.8 Å². The van der Waals surface area contributed by atoms with Crippen molar-refractivity contribution in [3.8, 4) is 5.75 Å². The second kappa shape index (κ2) is 13.1. The molecule has 0 aliphatic carbocycles. The zero-order valence-corrected chi connectivity index (χ0v) is 22.9. The number of alkyl halides is 6. The van der Waals surface area contributed by atoms with Gasteiger partial charge in [-0.2, -0.15) is 26.3 Å². The van der Waals surface area contributed by atoms with Gasteiger partial charge in [0.1, 0.15) is 5.75 Å². The van der Waals surface area contributed by atoms with Gasteiger partial charge in [0.05, 0.1) is 12.2 Å². The summed E-state index contributed by atoms with van der Waals surface area (Å²) in [5.41, 5.74) is 0.891. The normalized spacial score (nSPS) is 17.3. The molecule has 4 rings (SSSR count). The number of aliphatic carboxylic acids is 1. The molecule has 0 aromatic heterocycles. The Balaban J connectivity index is 0.000000587. The van der Waals surface area contributed by atoms with Crippen LogP contribution in [0.1, 0.15) is 54.6 Å². The van der Waals surface area contributed by atoms with E-state index in [-0.39, 0.29) is 11.3 Å². The molecule has 1 amide bonds. The minimum atomic E-state index is -5.08. The van der Waals surface area contributed by atoms with Crippen molar-refractivity contribution in [1.29, 1.82) is 0 Å². The smallest absolute Gasteiger partial charge is 0.490 e. The zero-order valence-electron chi connectivity index (χ0n) is 22.9. The van der Waals surface area contributed by atoms with Gasteiger partial charge in [-0.15, -0.1) is 0 Å². The number of halogens is 6. The van der Waals surface area contributed by atoms with Gasteiger partial charge in [-0.3, -0.25) is 9.69 Å². The average molecular weight is 589 g/mol. The van der Waals surface area contributed by atoms with Crippen LogP contribution in [0.4, 0.5) is 26.3 Å². The van der Waals surface area contributed by atoms with Crippen LogP contribution in [-0.2, 0) is 17.5 Å². The van der Waals surface area contributed by atoms with Crippen LogP contribution in [0, 0.1) is 11.3 Å². The number of piperidine rings is 1. The first-order valence-corrected chi connectivity index (χ1v) is 13.3. The predicted molar refractivity (Wildman–Crippen MR) is 139 cm³/mol. The summed E-state index contributed by atoms with van der Waals surface area (Å²) in [6.45, 7) is 9.07. The van der Waals surface area contributed by atoms with Crippen LogP contribution in [0.15, 0.2) is 48.5 Å². The Bertz CT molecular complexity index is 1170. The second-order valence-electron chi connectivity index (χ2n) is 10.9. The highest BCUT2D eigenvalue weighted by Gasteiger charge is 2.42. The summed E-state index contributed by atoms with van der Waals surface area (Å²) in [5.74, 6) is -1.51. The monoisotopic (exact) mass is 588 g/mol. The Hall–Kier alpha value is -3.28. The molecule has 1 N–H and O–H groups in total. The Morgan fingerprint density at radius 2 is 1.49 bits per heavy atom. The molecule has 0 saturated carbocycles. The zero-order chi connectivity index (χ0) is 30.4. The van der Waals surface area contributed by atoms with E-state index in [9.17, 15) is 31.1 Å². The summed E-state index contributed by atoms with van der Waals surface area (Å²) in [7, 11) is 0. The molecule has 12 heteroatoms. The maximum absolute atomic E-state index is 12.9. The number of hydrogen-bond acceptors (Lipinski definition) is 4. The topological polar surface area (TPSA) is 70.1 Å². The predicted octanol–water partition coefficient (Wildman–Crippen LogP) is 6.50. The van der Waals surface area contributed by atoms with Gasteiger partial charge < -0.3 is 14.7 Å². The fraction of sp³-hybridized carbons (Fsp3) is 0.517. The van der Waals surface area contributed by atoms with Crippen molar-refractivity contribution < 1.29 is 45.8 Å². The number of hydrogen-bond donors (Lipinski definition) is 1. The minimum Gasteiger partial charge on any atom is -0.493 e. The minimum absolute atomic E-state index is 0.103. The molecule has 2 aliphatic rings. The van der Waals surface area contributed by atoms with Crippen LogP contribution in [0.25, 0.3) is 0 Å². The van der Waals surface area contributed by atoms with Crippen molar-refractivity contribution in [3.05, 3.63) is 65.2 Å². The number of rotatable bonds is 6. The van der Waals surface area contributed by atoms with Crippen molar-refractivity contribution in [3.63, 3.8) is 0 Å². The summed E-state index contributed by atoms with van der Waals surface area (Å²) < 4.78 is 76.2. The second-order valence-corrected chi connectivity index (χ2v) is 10.9. The van der Waals surface area contributed by atoms with E-state index in [1.54, 1.807) is 0 Å². The number of amides is 1. The molecule has 2 aromatic rings. The fourth-order valence-electron chi connectivity index (χ4n) is 4.96. The molecular formula is C29H34F6N2O4. The van der Waals surface area contributed by atoms with Crippen LogP contribution >= 0.6 is 0 Å². The first kappa shape index (κ1) is 32.2. The van der Waals surface area contributed by atoms with Gasteiger partial charge in [-0.25, -0.2) is 4.79 Å². The quantitative estimate of drug-likeness (QED) is 0.390. The Morgan fingerprint density at radius 1 is 0.927 bits per heavy atom. The average Bonchev–Trinajstić information content (AvgIpc) is 3.32. The number of ether oxygens (including phenoxy) is 1. The number of carboxylic acids is 1. The van der Waals surface area contributed by atoms with Gasteiger partial charge in [0, 0.05) is 30.8 Å². The van der Waals surface area contributed by atoms with E-state index in [1.807, 2.05) is 23.1 Å². The lowest BCUT2D eigenvalue weighted by Crippen LogP contribution is -2.42. The molecule has 1 spiro atoms. The van der Waals surface area contributed by atoms with E-state index in [1.165, 1.54) is 17.7 Å². The number of likely N-dealkylation sites (tertiary alicyclic amines) is 2. The Labute approximate surface area is 234 Å². The Morgan fingerprint density at radius 3 is 2.02 bits per heavy atom. The highest BCUT2D eigenvalue weighted by molar-refractivity contribution is 5.94. The SMILES string of the molecule is CC(C)COc1ccccc1CN1CCC2(CC1)CCN(C(=O)c1ccc(C(F)(F)F)cc1)C2.O=C(O)C(F)(F)F. The molecule has 41 heavy (non-hydrogen) atoms. The van der Waals surface area contributed by atoms with Gasteiger partial charge >= 0.3 is 18.3 Å². The van der Waals surface area contributed by atoms with Crippen molar-refractivity contribution in [2.45, 2.75) is 52.0 Å². The van der Waals surface area contributed by atoms with Crippen LogP contribution in [0.3, 0.4) is 0 Å². The third-order valence-corrected chi connectivity index (χ3v) is 7.28. The van der Waals surface area contributed by atoms with E-state index in [4.69, 9.17) is 14.6 Å². The van der Waals surface area contributed by atoms with Gasteiger partial charge in [0.2, 0.25) is 0 Å². The van der Waals surface area contributed by atoms with Crippen molar-refractivity contribution in [1.82, 2.24) is 9.80 Å². The van der Waals surface area contributed by atoms with Gasteiger partial charge in [-0.1, -0.05) is 32.0 Å². The lowest BCUT2D eigenvalue weighted by molar-refractivity contribution is -0.192. The third-order valence-electron chi connectivity index (χ3n) is 7.28. The summed E-state index contributed by atoms with van der Waals surface area (Å²) >= 11 is 0. The molecule has 2 aromatic carbocycles. The fourth-order valence-corrected chi connectivity index (χ4v) is 4.96. The van der Waals surface area contributed by atoms with Crippen LogP contribution in [0.5, 0.6) is 5.75 Å².